The van der Waals surface area contributed by atoms with E-state index in [4.69, 9.17) is 5.73 Å². The van der Waals surface area contributed by atoms with Gasteiger partial charge in [-0.2, -0.15) is 0 Å². The molecule has 0 amide bonds. The molecular formula is C18H23N. The Morgan fingerprint density at radius 2 is 1.63 bits per heavy atom. The fraction of sp³-hybridized carbons (Fsp3) is 0.333. The lowest BCUT2D eigenvalue weighted by Crippen LogP contribution is -2.13. The quantitative estimate of drug-likeness (QED) is 0.872. The van der Waals surface area contributed by atoms with Crippen molar-refractivity contribution < 1.29 is 0 Å². The molecule has 0 saturated heterocycles. The molecule has 0 aliphatic heterocycles. The zero-order valence-electron chi connectivity index (χ0n) is 12.1. The third kappa shape index (κ3) is 3.68. The molecule has 0 heterocycles. The van der Waals surface area contributed by atoms with Gasteiger partial charge in [0.15, 0.2) is 0 Å². The average molecular weight is 253 g/mol. The first-order valence-corrected chi connectivity index (χ1v) is 7.00. The number of nitrogens with two attached hydrogens (primary N) is 1. The van der Waals surface area contributed by atoms with Crippen molar-refractivity contribution in [2.75, 3.05) is 0 Å². The molecule has 2 rings (SSSR count). The highest BCUT2D eigenvalue weighted by Gasteiger charge is 2.08. The van der Waals surface area contributed by atoms with Crippen LogP contribution in [0.4, 0.5) is 0 Å². The number of hydrogen-bond acceptors (Lipinski definition) is 1. The Morgan fingerprint density at radius 1 is 0.947 bits per heavy atom. The lowest BCUT2D eigenvalue weighted by atomic mass is 9.96. The Labute approximate surface area is 116 Å². The van der Waals surface area contributed by atoms with Crippen molar-refractivity contribution in [2.24, 2.45) is 5.73 Å². The summed E-state index contributed by atoms with van der Waals surface area (Å²) in [5.41, 5.74) is 12.9. The van der Waals surface area contributed by atoms with E-state index in [1.165, 1.54) is 27.8 Å². The minimum absolute atomic E-state index is 0.0766. The zero-order valence-corrected chi connectivity index (χ0v) is 12.1. The SMILES string of the molecule is CCc1cccc(C(N)Cc2cc(C)cc(C)c2)c1. The van der Waals surface area contributed by atoms with Gasteiger partial charge in [-0.05, 0) is 43.4 Å². The van der Waals surface area contributed by atoms with Crippen molar-refractivity contribution in [3.05, 3.63) is 70.3 Å². The minimum atomic E-state index is 0.0766. The maximum absolute atomic E-state index is 6.35. The smallest absolute Gasteiger partial charge is 0.0335 e. The summed E-state index contributed by atoms with van der Waals surface area (Å²) in [5.74, 6) is 0. The lowest BCUT2D eigenvalue weighted by Gasteiger charge is -2.14. The van der Waals surface area contributed by atoms with E-state index >= 15 is 0 Å². The Bertz CT molecular complexity index is 537. The fourth-order valence-corrected chi connectivity index (χ4v) is 2.60. The molecule has 2 N–H and O–H groups in total. The van der Waals surface area contributed by atoms with Crippen LogP contribution >= 0.6 is 0 Å². The first kappa shape index (κ1) is 13.8. The molecule has 1 atom stereocenters. The van der Waals surface area contributed by atoms with Crippen LogP contribution in [0.15, 0.2) is 42.5 Å². The molecule has 0 spiro atoms. The molecule has 0 bridgehead atoms. The molecule has 0 radical (unpaired) electrons. The molecule has 0 aliphatic carbocycles. The maximum atomic E-state index is 6.35. The van der Waals surface area contributed by atoms with Crippen molar-refractivity contribution in [2.45, 2.75) is 39.7 Å². The van der Waals surface area contributed by atoms with Gasteiger partial charge in [-0.15, -0.1) is 0 Å². The molecule has 0 fully saturated rings. The number of hydrogen-bond donors (Lipinski definition) is 1. The van der Waals surface area contributed by atoms with Gasteiger partial charge in [0.25, 0.3) is 0 Å². The fourth-order valence-electron chi connectivity index (χ4n) is 2.60. The van der Waals surface area contributed by atoms with Crippen LogP contribution in [0, 0.1) is 13.8 Å². The van der Waals surface area contributed by atoms with Crippen molar-refractivity contribution >= 4 is 0 Å². The first-order chi connectivity index (χ1) is 9.08. The number of rotatable bonds is 4. The second-order valence-electron chi connectivity index (χ2n) is 5.41. The highest BCUT2D eigenvalue weighted by Crippen LogP contribution is 2.19. The van der Waals surface area contributed by atoms with Crippen molar-refractivity contribution in [1.82, 2.24) is 0 Å². The summed E-state index contributed by atoms with van der Waals surface area (Å²) in [7, 11) is 0. The second kappa shape index (κ2) is 6.03. The van der Waals surface area contributed by atoms with E-state index < -0.39 is 0 Å². The number of benzene rings is 2. The van der Waals surface area contributed by atoms with Crippen molar-refractivity contribution in [1.29, 1.82) is 0 Å². The van der Waals surface area contributed by atoms with Crippen LogP contribution in [0.2, 0.25) is 0 Å². The molecule has 19 heavy (non-hydrogen) atoms. The van der Waals surface area contributed by atoms with E-state index in [2.05, 4.69) is 63.2 Å². The van der Waals surface area contributed by atoms with Crippen LogP contribution in [-0.4, -0.2) is 0 Å². The van der Waals surface area contributed by atoms with Gasteiger partial charge in [-0.3, -0.25) is 0 Å². The summed E-state index contributed by atoms with van der Waals surface area (Å²) in [4.78, 5) is 0. The maximum Gasteiger partial charge on any atom is 0.0335 e. The van der Waals surface area contributed by atoms with Crippen molar-refractivity contribution in [3.8, 4) is 0 Å². The summed E-state index contributed by atoms with van der Waals surface area (Å²) in [6.07, 6.45) is 1.96. The molecule has 0 saturated carbocycles. The van der Waals surface area contributed by atoms with Crippen LogP contribution in [-0.2, 0) is 12.8 Å². The first-order valence-electron chi connectivity index (χ1n) is 7.00. The van der Waals surface area contributed by atoms with E-state index in [-0.39, 0.29) is 6.04 Å². The van der Waals surface area contributed by atoms with Crippen LogP contribution in [0.3, 0.4) is 0 Å². The predicted octanol–water partition coefficient (Wildman–Crippen LogP) is 4.11. The van der Waals surface area contributed by atoms with E-state index in [0.717, 1.165) is 12.8 Å². The molecule has 2 aromatic carbocycles. The van der Waals surface area contributed by atoms with Crippen LogP contribution in [0.1, 0.15) is 40.8 Å². The van der Waals surface area contributed by atoms with Gasteiger partial charge in [0, 0.05) is 6.04 Å². The van der Waals surface area contributed by atoms with Gasteiger partial charge in [-0.25, -0.2) is 0 Å². The summed E-state index contributed by atoms with van der Waals surface area (Å²) in [6, 6.07) is 15.4. The monoisotopic (exact) mass is 253 g/mol. The summed E-state index contributed by atoms with van der Waals surface area (Å²) in [5, 5.41) is 0. The molecular weight excluding hydrogens is 230 g/mol. The molecule has 2 aromatic rings. The topological polar surface area (TPSA) is 26.0 Å². The van der Waals surface area contributed by atoms with Gasteiger partial charge in [0.2, 0.25) is 0 Å². The highest BCUT2D eigenvalue weighted by atomic mass is 14.6. The molecule has 0 aliphatic rings. The third-order valence-electron chi connectivity index (χ3n) is 3.52. The van der Waals surface area contributed by atoms with Crippen molar-refractivity contribution in [3.63, 3.8) is 0 Å². The zero-order chi connectivity index (χ0) is 13.8. The summed E-state index contributed by atoms with van der Waals surface area (Å²) < 4.78 is 0. The normalized spacial score (nSPS) is 12.4. The lowest BCUT2D eigenvalue weighted by molar-refractivity contribution is 0.719. The Morgan fingerprint density at radius 3 is 2.26 bits per heavy atom. The molecule has 0 aromatic heterocycles. The van der Waals surface area contributed by atoms with E-state index in [1.54, 1.807) is 0 Å². The van der Waals surface area contributed by atoms with Crippen LogP contribution in [0.25, 0.3) is 0 Å². The highest BCUT2D eigenvalue weighted by molar-refractivity contribution is 5.32. The van der Waals surface area contributed by atoms with Crippen LogP contribution < -0.4 is 5.73 Å². The number of aryl methyl sites for hydroxylation is 3. The summed E-state index contributed by atoms with van der Waals surface area (Å²) in [6.45, 7) is 6.45. The van der Waals surface area contributed by atoms with Gasteiger partial charge < -0.3 is 5.73 Å². The van der Waals surface area contributed by atoms with Gasteiger partial charge >= 0.3 is 0 Å². The van der Waals surface area contributed by atoms with E-state index in [1.807, 2.05) is 0 Å². The molecule has 100 valence electrons. The van der Waals surface area contributed by atoms with Gasteiger partial charge in [-0.1, -0.05) is 60.5 Å². The largest absolute Gasteiger partial charge is 0.324 e. The molecule has 1 unspecified atom stereocenters. The third-order valence-corrected chi connectivity index (χ3v) is 3.52. The van der Waals surface area contributed by atoms with Gasteiger partial charge in [0.1, 0.15) is 0 Å². The minimum Gasteiger partial charge on any atom is -0.324 e. The van der Waals surface area contributed by atoms with E-state index in [9.17, 15) is 0 Å². The Balaban J connectivity index is 2.17. The average Bonchev–Trinajstić information content (AvgIpc) is 2.37. The van der Waals surface area contributed by atoms with E-state index in [0.29, 0.717) is 0 Å². The predicted molar refractivity (Wildman–Crippen MR) is 82.4 cm³/mol. The van der Waals surface area contributed by atoms with Crippen LogP contribution in [0.5, 0.6) is 0 Å². The Kier molecular flexibility index (Phi) is 4.39. The molecule has 1 heteroatoms. The summed E-state index contributed by atoms with van der Waals surface area (Å²) >= 11 is 0. The second-order valence-corrected chi connectivity index (χ2v) is 5.41. The standard InChI is InChI=1S/C18H23N/c1-4-15-6-5-7-17(11-15)18(19)12-16-9-13(2)8-14(3)10-16/h5-11,18H,4,12,19H2,1-3H3. The Hall–Kier alpha value is -1.60. The molecule has 1 nitrogen and oxygen atoms in total. The van der Waals surface area contributed by atoms with Gasteiger partial charge in [0.05, 0.1) is 0 Å².